The predicted molar refractivity (Wildman–Crippen MR) is 81.2 cm³/mol. The molecule has 0 aliphatic carbocycles. The van der Waals surface area contributed by atoms with Gasteiger partial charge in [-0.1, -0.05) is 12.1 Å². The maximum absolute atomic E-state index is 13.3. The van der Waals surface area contributed by atoms with Gasteiger partial charge < -0.3 is 15.7 Å². The number of halogens is 1. The number of amides is 1. The van der Waals surface area contributed by atoms with Crippen LogP contribution in [-0.2, 0) is 0 Å². The highest BCUT2D eigenvalue weighted by Crippen LogP contribution is 2.22. The van der Waals surface area contributed by atoms with E-state index < -0.39 is 11.6 Å². The van der Waals surface area contributed by atoms with Crippen molar-refractivity contribution in [3.05, 3.63) is 53.8 Å². The van der Waals surface area contributed by atoms with Gasteiger partial charge in [0.2, 0.25) is 0 Å². The fraction of sp³-hybridized carbons (Fsp3) is 0.188. The minimum absolute atomic E-state index is 0.185. The molecule has 21 heavy (non-hydrogen) atoms. The average molecular weight is 288 g/mol. The van der Waals surface area contributed by atoms with E-state index in [1.807, 2.05) is 26.0 Å². The van der Waals surface area contributed by atoms with E-state index in [1.165, 1.54) is 12.1 Å². The fourth-order valence-corrected chi connectivity index (χ4v) is 1.90. The minimum Gasteiger partial charge on any atom is -0.505 e. The molecule has 4 nitrogen and oxygen atoms in total. The first kappa shape index (κ1) is 14.8. The minimum atomic E-state index is -0.776. The van der Waals surface area contributed by atoms with Crippen LogP contribution >= 0.6 is 0 Å². The summed E-state index contributed by atoms with van der Waals surface area (Å²) in [5.41, 5.74) is 1.47. The summed E-state index contributed by atoms with van der Waals surface area (Å²) in [5.74, 6) is -1.57. The summed E-state index contributed by atoms with van der Waals surface area (Å²) < 4.78 is 13.3. The quantitative estimate of drug-likeness (QED) is 0.753. The van der Waals surface area contributed by atoms with Crippen LogP contribution in [0.3, 0.4) is 0 Å². The standard InChI is InChI=1S/C16H17FN2O2/c1-10(2)18-14-6-4-3-5-12(14)16(21)19-11-7-8-15(20)13(17)9-11/h3-10,18,20H,1-2H3,(H,19,21). The van der Waals surface area contributed by atoms with Crippen LogP contribution in [0.1, 0.15) is 24.2 Å². The van der Waals surface area contributed by atoms with Crippen LogP contribution in [0.2, 0.25) is 0 Å². The summed E-state index contributed by atoms with van der Waals surface area (Å²) in [4.78, 5) is 12.3. The maximum atomic E-state index is 13.3. The number of aromatic hydroxyl groups is 1. The van der Waals surface area contributed by atoms with Crippen molar-refractivity contribution in [1.82, 2.24) is 0 Å². The second-order valence-electron chi connectivity index (χ2n) is 4.96. The van der Waals surface area contributed by atoms with Crippen LogP contribution in [0.5, 0.6) is 5.75 Å². The van der Waals surface area contributed by atoms with E-state index in [0.29, 0.717) is 11.3 Å². The summed E-state index contributed by atoms with van der Waals surface area (Å²) in [6.45, 7) is 3.95. The van der Waals surface area contributed by atoms with Gasteiger partial charge >= 0.3 is 0 Å². The second kappa shape index (κ2) is 6.26. The molecule has 0 saturated heterocycles. The molecular formula is C16H17FN2O2. The van der Waals surface area contributed by atoms with Gasteiger partial charge in [-0.2, -0.15) is 0 Å². The number of phenols is 1. The first-order valence-corrected chi connectivity index (χ1v) is 6.63. The van der Waals surface area contributed by atoms with Crippen molar-refractivity contribution in [2.24, 2.45) is 0 Å². The number of anilines is 2. The Hall–Kier alpha value is -2.56. The highest BCUT2D eigenvalue weighted by molar-refractivity contribution is 6.08. The van der Waals surface area contributed by atoms with Gasteiger partial charge in [-0.15, -0.1) is 0 Å². The van der Waals surface area contributed by atoms with Crippen LogP contribution in [-0.4, -0.2) is 17.1 Å². The average Bonchev–Trinajstić information content (AvgIpc) is 2.43. The zero-order valence-corrected chi connectivity index (χ0v) is 11.9. The third kappa shape index (κ3) is 3.72. The molecule has 0 spiro atoms. The molecule has 0 aliphatic rings. The molecule has 5 heteroatoms. The molecule has 1 amide bonds. The number of carbonyl (C=O) groups is 1. The number of nitrogens with one attached hydrogen (secondary N) is 2. The van der Waals surface area contributed by atoms with Crippen LogP contribution in [0.25, 0.3) is 0 Å². The molecule has 0 bridgehead atoms. The van der Waals surface area contributed by atoms with Crippen molar-refractivity contribution in [2.75, 3.05) is 10.6 Å². The molecule has 0 unspecified atom stereocenters. The van der Waals surface area contributed by atoms with Crippen LogP contribution < -0.4 is 10.6 Å². The number of phenolic OH excluding ortho intramolecular Hbond substituents is 1. The highest BCUT2D eigenvalue weighted by Gasteiger charge is 2.12. The van der Waals surface area contributed by atoms with Gasteiger partial charge in [0, 0.05) is 23.5 Å². The van der Waals surface area contributed by atoms with Crippen LogP contribution in [0, 0.1) is 5.82 Å². The largest absolute Gasteiger partial charge is 0.505 e. The Balaban J connectivity index is 2.22. The Morgan fingerprint density at radius 2 is 1.90 bits per heavy atom. The molecule has 3 N–H and O–H groups in total. The molecule has 0 aromatic heterocycles. The summed E-state index contributed by atoms with van der Waals surface area (Å²) >= 11 is 0. The van der Waals surface area contributed by atoms with Crippen LogP contribution in [0.4, 0.5) is 15.8 Å². The van der Waals surface area contributed by atoms with E-state index in [9.17, 15) is 9.18 Å². The zero-order chi connectivity index (χ0) is 15.4. The van der Waals surface area contributed by atoms with Crippen molar-refractivity contribution in [3.63, 3.8) is 0 Å². The molecule has 0 saturated carbocycles. The number of benzene rings is 2. The SMILES string of the molecule is CC(C)Nc1ccccc1C(=O)Nc1ccc(O)c(F)c1. The molecular weight excluding hydrogens is 271 g/mol. The van der Waals surface area contributed by atoms with Gasteiger partial charge in [0.1, 0.15) is 0 Å². The third-order valence-electron chi connectivity index (χ3n) is 2.82. The molecule has 2 aromatic rings. The van der Waals surface area contributed by atoms with Crippen molar-refractivity contribution >= 4 is 17.3 Å². The number of rotatable bonds is 4. The Labute approximate surface area is 122 Å². The molecule has 0 aliphatic heterocycles. The van der Waals surface area contributed by atoms with Crippen LogP contribution in [0.15, 0.2) is 42.5 Å². The lowest BCUT2D eigenvalue weighted by Gasteiger charge is -2.14. The molecule has 0 atom stereocenters. The third-order valence-corrected chi connectivity index (χ3v) is 2.82. The van der Waals surface area contributed by atoms with Gasteiger partial charge in [0.05, 0.1) is 5.56 Å². The molecule has 2 aromatic carbocycles. The summed E-state index contributed by atoms with van der Waals surface area (Å²) in [6, 6.07) is 11.0. The first-order chi connectivity index (χ1) is 9.97. The molecule has 2 rings (SSSR count). The smallest absolute Gasteiger partial charge is 0.257 e. The lowest BCUT2D eigenvalue weighted by Crippen LogP contribution is -2.17. The molecule has 0 fully saturated rings. The summed E-state index contributed by atoms with van der Waals surface area (Å²) in [7, 11) is 0. The van der Waals surface area contributed by atoms with Crippen molar-refractivity contribution < 1.29 is 14.3 Å². The van der Waals surface area contributed by atoms with Gasteiger partial charge in [0.25, 0.3) is 5.91 Å². The maximum Gasteiger partial charge on any atom is 0.257 e. The number of para-hydroxylation sites is 1. The van der Waals surface area contributed by atoms with Gasteiger partial charge in [-0.05, 0) is 38.1 Å². The van der Waals surface area contributed by atoms with Gasteiger partial charge in [0.15, 0.2) is 11.6 Å². The summed E-state index contributed by atoms with van der Waals surface area (Å²) in [6.07, 6.45) is 0. The Bertz CT molecular complexity index is 656. The first-order valence-electron chi connectivity index (χ1n) is 6.63. The molecule has 110 valence electrons. The van der Waals surface area contributed by atoms with Crippen molar-refractivity contribution in [2.45, 2.75) is 19.9 Å². The zero-order valence-electron chi connectivity index (χ0n) is 11.9. The van der Waals surface area contributed by atoms with E-state index in [-0.39, 0.29) is 17.6 Å². The monoisotopic (exact) mass is 288 g/mol. The van der Waals surface area contributed by atoms with Crippen molar-refractivity contribution in [3.8, 4) is 5.75 Å². The number of carbonyl (C=O) groups excluding carboxylic acids is 1. The van der Waals surface area contributed by atoms with E-state index in [1.54, 1.807) is 12.1 Å². The Kier molecular flexibility index (Phi) is 4.42. The fourth-order valence-electron chi connectivity index (χ4n) is 1.90. The predicted octanol–water partition coefficient (Wildman–Crippen LogP) is 3.60. The molecule has 0 heterocycles. The number of hydrogen-bond acceptors (Lipinski definition) is 3. The molecule has 0 radical (unpaired) electrons. The van der Waals surface area contributed by atoms with E-state index in [0.717, 1.165) is 6.07 Å². The van der Waals surface area contributed by atoms with E-state index in [2.05, 4.69) is 10.6 Å². The van der Waals surface area contributed by atoms with Gasteiger partial charge in [-0.3, -0.25) is 4.79 Å². The Morgan fingerprint density at radius 1 is 1.19 bits per heavy atom. The topological polar surface area (TPSA) is 61.4 Å². The van der Waals surface area contributed by atoms with Gasteiger partial charge in [-0.25, -0.2) is 4.39 Å². The number of hydrogen-bond donors (Lipinski definition) is 3. The summed E-state index contributed by atoms with van der Waals surface area (Å²) in [5, 5.41) is 14.9. The second-order valence-corrected chi connectivity index (χ2v) is 4.96. The van der Waals surface area contributed by atoms with Crippen molar-refractivity contribution in [1.29, 1.82) is 0 Å². The highest BCUT2D eigenvalue weighted by atomic mass is 19.1. The normalized spacial score (nSPS) is 10.5. The van der Waals surface area contributed by atoms with E-state index >= 15 is 0 Å². The lowest BCUT2D eigenvalue weighted by molar-refractivity contribution is 0.102. The lowest BCUT2D eigenvalue weighted by atomic mass is 10.1. The van der Waals surface area contributed by atoms with E-state index in [4.69, 9.17) is 5.11 Å². The Morgan fingerprint density at radius 3 is 2.57 bits per heavy atom.